The first kappa shape index (κ1) is 23.2. The van der Waals surface area contributed by atoms with Crippen LogP contribution in [0.15, 0.2) is 42.5 Å². The van der Waals surface area contributed by atoms with Gasteiger partial charge < -0.3 is 0 Å². The van der Waals surface area contributed by atoms with Crippen LogP contribution in [0.25, 0.3) is 11.1 Å². The molecule has 0 unspecified atom stereocenters. The van der Waals surface area contributed by atoms with E-state index in [4.69, 9.17) is 5.26 Å². The molecule has 2 fully saturated rings. The van der Waals surface area contributed by atoms with Crippen LogP contribution in [0.1, 0.15) is 69.4 Å². The molecule has 1 heterocycles. The van der Waals surface area contributed by atoms with Crippen molar-refractivity contribution in [3.63, 3.8) is 0 Å². The van der Waals surface area contributed by atoms with Gasteiger partial charge in [0.05, 0.1) is 5.56 Å². The van der Waals surface area contributed by atoms with Crippen LogP contribution >= 0.6 is 0 Å². The van der Waals surface area contributed by atoms with E-state index >= 15 is 0 Å². The summed E-state index contributed by atoms with van der Waals surface area (Å²) in [6.45, 7) is 2.37. The van der Waals surface area contributed by atoms with Gasteiger partial charge >= 0.3 is 0 Å². The SMILES string of the molecule is CCC[SiH]1CCC(C2CCC(CCc3ccc(-c4ccc(C#N)c(F)c4)cc3)CC2)CC1. The lowest BCUT2D eigenvalue weighted by atomic mass is 9.73. The van der Waals surface area contributed by atoms with Gasteiger partial charge in [0.2, 0.25) is 0 Å². The maximum atomic E-state index is 13.9. The van der Waals surface area contributed by atoms with Gasteiger partial charge in [0.25, 0.3) is 0 Å². The number of rotatable bonds is 7. The molecule has 0 spiro atoms. The molecule has 0 aromatic heterocycles. The fourth-order valence-electron chi connectivity index (χ4n) is 6.32. The van der Waals surface area contributed by atoms with E-state index in [-0.39, 0.29) is 14.4 Å². The average molecular weight is 448 g/mol. The molecule has 32 heavy (non-hydrogen) atoms. The topological polar surface area (TPSA) is 23.8 Å². The van der Waals surface area contributed by atoms with Crippen LogP contribution in [-0.2, 0) is 6.42 Å². The lowest BCUT2D eigenvalue weighted by Crippen LogP contribution is -2.28. The summed E-state index contributed by atoms with van der Waals surface area (Å²) in [6.07, 6.45) is 12.8. The molecule has 0 atom stereocenters. The molecule has 2 aromatic carbocycles. The Morgan fingerprint density at radius 2 is 1.56 bits per heavy atom. The monoisotopic (exact) mass is 447 g/mol. The van der Waals surface area contributed by atoms with Crippen LogP contribution in [0.3, 0.4) is 0 Å². The molecule has 1 aliphatic carbocycles. The van der Waals surface area contributed by atoms with E-state index in [9.17, 15) is 4.39 Å². The Morgan fingerprint density at radius 1 is 0.906 bits per heavy atom. The van der Waals surface area contributed by atoms with Crippen LogP contribution in [0, 0.1) is 34.9 Å². The molecule has 0 N–H and O–H groups in total. The first-order valence-corrected chi connectivity index (χ1v) is 15.4. The van der Waals surface area contributed by atoms with Crippen molar-refractivity contribution in [3.8, 4) is 17.2 Å². The van der Waals surface area contributed by atoms with Crippen molar-refractivity contribution in [2.75, 3.05) is 0 Å². The van der Waals surface area contributed by atoms with Gasteiger partial charge in [-0.15, -0.1) is 0 Å². The van der Waals surface area contributed by atoms with E-state index in [0.717, 1.165) is 35.3 Å². The molecule has 1 nitrogen and oxygen atoms in total. The highest BCUT2D eigenvalue weighted by molar-refractivity contribution is 6.58. The second-order valence-electron chi connectivity index (χ2n) is 10.4. The molecular weight excluding hydrogens is 409 g/mol. The number of nitriles is 1. The number of hydrogen-bond donors (Lipinski definition) is 0. The van der Waals surface area contributed by atoms with Gasteiger partial charge in [-0.25, -0.2) is 4.39 Å². The van der Waals surface area contributed by atoms with E-state index in [1.54, 1.807) is 37.0 Å². The third kappa shape index (κ3) is 5.90. The highest BCUT2D eigenvalue weighted by Crippen LogP contribution is 2.41. The zero-order valence-electron chi connectivity index (χ0n) is 19.7. The van der Waals surface area contributed by atoms with Crippen molar-refractivity contribution < 1.29 is 4.39 Å². The summed E-state index contributed by atoms with van der Waals surface area (Å²) in [7, 11) is -0.339. The Kier molecular flexibility index (Phi) is 8.19. The first-order chi connectivity index (χ1) is 15.7. The zero-order valence-corrected chi connectivity index (χ0v) is 20.8. The van der Waals surface area contributed by atoms with Gasteiger partial charge in [-0.3, -0.25) is 0 Å². The number of aryl methyl sites for hydroxylation is 1. The Hall–Kier alpha value is -1.92. The van der Waals surface area contributed by atoms with Crippen molar-refractivity contribution in [3.05, 3.63) is 59.4 Å². The van der Waals surface area contributed by atoms with Crippen molar-refractivity contribution in [2.45, 2.75) is 82.8 Å². The predicted molar refractivity (Wildman–Crippen MR) is 135 cm³/mol. The molecule has 1 saturated heterocycles. The summed E-state index contributed by atoms with van der Waals surface area (Å²) in [4.78, 5) is 0. The van der Waals surface area contributed by atoms with E-state index in [2.05, 4.69) is 31.2 Å². The van der Waals surface area contributed by atoms with E-state index < -0.39 is 5.82 Å². The third-order valence-electron chi connectivity index (χ3n) is 8.36. The van der Waals surface area contributed by atoms with Crippen molar-refractivity contribution in [1.29, 1.82) is 5.26 Å². The molecule has 2 aliphatic rings. The highest BCUT2D eigenvalue weighted by atomic mass is 28.3. The number of hydrogen-bond acceptors (Lipinski definition) is 1. The van der Waals surface area contributed by atoms with Gasteiger partial charge in [0, 0.05) is 8.80 Å². The highest BCUT2D eigenvalue weighted by Gasteiger charge is 2.30. The van der Waals surface area contributed by atoms with Crippen molar-refractivity contribution >= 4 is 8.80 Å². The van der Waals surface area contributed by atoms with Gasteiger partial charge in [0.15, 0.2) is 0 Å². The van der Waals surface area contributed by atoms with Crippen LogP contribution < -0.4 is 0 Å². The summed E-state index contributed by atoms with van der Waals surface area (Å²) in [5, 5.41) is 8.90. The average Bonchev–Trinajstić information content (AvgIpc) is 2.84. The molecule has 2 aromatic rings. The molecule has 0 bridgehead atoms. The van der Waals surface area contributed by atoms with Gasteiger partial charge in [0.1, 0.15) is 11.9 Å². The first-order valence-electron chi connectivity index (χ1n) is 12.9. The summed E-state index contributed by atoms with van der Waals surface area (Å²) < 4.78 is 13.9. The van der Waals surface area contributed by atoms with Crippen LogP contribution in [0.4, 0.5) is 4.39 Å². The minimum absolute atomic E-state index is 0.103. The maximum Gasteiger partial charge on any atom is 0.141 e. The largest absolute Gasteiger partial charge is 0.206 e. The second kappa shape index (κ2) is 11.3. The third-order valence-corrected chi connectivity index (χ3v) is 12.1. The number of halogens is 1. The molecule has 170 valence electrons. The zero-order chi connectivity index (χ0) is 22.3. The Morgan fingerprint density at radius 3 is 2.19 bits per heavy atom. The number of benzene rings is 2. The molecule has 1 saturated carbocycles. The molecule has 3 heteroatoms. The smallest absolute Gasteiger partial charge is 0.141 e. The van der Waals surface area contributed by atoms with Crippen molar-refractivity contribution in [1.82, 2.24) is 0 Å². The second-order valence-corrected chi connectivity index (χ2v) is 13.9. The molecule has 0 radical (unpaired) electrons. The van der Waals surface area contributed by atoms with Gasteiger partial charge in [-0.2, -0.15) is 5.26 Å². The minimum atomic E-state index is -0.444. The minimum Gasteiger partial charge on any atom is -0.206 e. The summed E-state index contributed by atoms with van der Waals surface area (Å²) in [6, 6.07) is 20.1. The van der Waals surface area contributed by atoms with E-state index in [1.807, 2.05) is 12.1 Å². The van der Waals surface area contributed by atoms with Gasteiger partial charge in [-0.05, 0) is 72.3 Å². The number of nitrogens with zero attached hydrogens (tertiary/aromatic N) is 1. The van der Waals surface area contributed by atoms with Crippen molar-refractivity contribution in [2.24, 2.45) is 17.8 Å². The van der Waals surface area contributed by atoms with Crippen LogP contribution in [0.2, 0.25) is 18.1 Å². The van der Waals surface area contributed by atoms with E-state index in [1.165, 1.54) is 50.2 Å². The fourth-order valence-corrected chi connectivity index (χ4v) is 9.81. The normalized spacial score (nSPS) is 25.9. The summed E-state index contributed by atoms with van der Waals surface area (Å²) >= 11 is 0. The Labute approximate surface area is 195 Å². The summed E-state index contributed by atoms with van der Waals surface area (Å²) in [5.74, 6) is 2.52. The standard InChI is InChI=1S/C29H38FNSi/c1-2-17-32-18-15-26(16-19-32)24-9-5-22(6-10-24)3-4-23-7-11-25(12-8-23)27-13-14-28(21-31)29(30)20-27/h7-8,11-14,20,22,24,26,32H,2-6,9-10,15-19H2,1H3. The maximum absolute atomic E-state index is 13.9. The van der Waals surface area contributed by atoms with Gasteiger partial charge in [-0.1, -0.05) is 87.5 Å². The quantitative estimate of drug-likeness (QED) is 0.393. The van der Waals surface area contributed by atoms with Crippen LogP contribution in [-0.4, -0.2) is 8.80 Å². The molecule has 0 amide bonds. The lowest BCUT2D eigenvalue weighted by Gasteiger charge is -2.37. The lowest BCUT2D eigenvalue weighted by molar-refractivity contribution is 0.186. The van der Waals surface area contributed by atoms with Crippen LogP contribution in [0.5, 0.6) is 0 Å². The fraction of sp³-hybridized carbons (Fsp3) is 0.552. The summed E-state index contributed by atoms with van der Waals surface area (Å²) in [5.41, 5.74) is 3.32. The van der Waals surface area contributed by atoms with E-state index in [0.29, 0.717) is 0 Å². The Bertz CT molecular complexity index is 900. The molecule has 4 rings (SSSR count). The molecule has 1 aliphatic heterocycles. The predicted octanol–water partition coefficient (Wildman–Crippen LogP) is 8.15. The Balaban J connectivity index is 1.21. The molecular formula is C29H38FNSi.